The van der Waals surface area contributed by atoms with Crippen molar-refractivity contribution in [3.8, 4) is 0 Å². The van der Waals surface area contributed by atoms with Gasteiger partial charge in [-0.1, -0.05) is 0 Å². The highest BCUT2D eigenvalue weighted by atomic mass is 32.1. The van der Waals surface area contributed by atoms with Crippen LogP contribution >= 0.6 is 11.3 Å². The molecule has 0 aromatic carbocycles. The third kappa shape index (κ3) is 3.49. The van der Waals surface area contributed by atoms with Crippen molar-refractivity contribution in [3.63, 3.8) is 0 Å². The van der Waals surface area contributed by atoms with Crippen molar-refractivity contribution in [1.29, 1.82) is 0 Å². The molecular weight excluding hydrogens is 336 g/mol. The van der Waals surface area contributed by atoms with E-state index in [9.17, 15) is 5.11 Å². The highest BCUT2D eigenvalue weighted by molar-refractivity contribution is 7.07. The number of aliphatic hydroxyl groups excluding tert-OH is 1. The number of morpholine rings is 1. The zero-order chi connectivity index (χ0) is 17.2. The van der Waals surface area contributed by atoms with Crippen LogP contribution < -0.4 is 9.80 Å². The van der Waals surface area contributed by atoms with Crippen LogP contribution in [0.25, 0.3) is 0 Å². The van der Waals surface area contributed by atoms with E-state index < -0.39 is 0 Å². The van der Waals surface area contributed by atoms with Crippen molar-refractivity contribution < 1.29 is 9.84 Å². The Morgan fingerprint density at radius 1 is 1.32 bits per heavy atom. The van der Waals surface area contributed by atoms with Gasteiger partial charge in [0, 0.05) is 25.7 Å². The van der Waals surface area contributed by atoms with Gasteiger partial charge in [0.2, 0.25) is 0 Å². The van der Waals surface area contributed by atoms with Crippen molar-refractivity contribution in [2.24, 2.45) is 0 Å². The number of ether oxygens (including phenoxy) is 1. The Kier molecular flexibility index (Phi) is 4.87. The van der Waals surface area contributed by atoms with Crippen LogP contribution in [0, 0.1) is 0 Å². The molecule has 6 nitrogen and oxygen atoms in total. The molecule has 0 saturated carbocycles. The predicted molar refractivity (Wildman–Crippen MR) is 99.3 cm³/mol. The van der Waals surface area contributed by atoms with Crippen LogP contribution in [0.15, 0.2) is 29.2 Å². The topological polar surface area (TPSA) is 61.7 Å². The highest BCUT2D eigenvalue weighted by Gasteiger charge is 2.29. The Morgan fingerprint density at radius 3 is 3.00 bits per heavy atom. The monoisotopic (exact) mass is 360 g/mol. The largest absolute Gasteiger partial charge is 0.394 e. The standard InChI is InChI=1S/C18H24N4O2S/c1-13-8-21(9-16(24-13)14-4-6-25-11-14)17-7-18(20-12-19-17)22-5-2-3-15(22)10-23/h4,6-7,11-13,15-16,23H,2-3,5,8-10H2,1H3. The van der Waals surface area contributed by atoms with Crippen LogP contribution in [-0.2, 0) is 4.74 Å². The third-order valence-electron chi connectivity index (χ3n) is 5.02. The Labute approximate surface area is 152 Å². The number of thiophene rings is 1. The van der Waals surface area contributed by atoms with Gasteiger partial charge in [-0.15, -0.1) is 0 Å². The number of aliphatic hydroxyl groups is 1. The van der Waals surface area contributed by atoms with E-state index in [1.165, 1.54) is 5.56 Å². The maximum absolute atomic E-state index is 9.58. The van der Waals surface area contributed by atoms with Crippen molar-refractivity contribution in [2.75, 3.05) is 36.0 Å². The second-order valence-electron chi connectivity index (χ2n) is 6.80. The summed E-state index contributed by atoms with van der Waals surface area (Å²) >= 11 is 1.70. The zero-order valence-electron chi connectivity index (χ0n) is 14.4. The van der Waals surface area contributed by atoms with Gasteiger partial charge in [-0.3, -0.25) is 0 Å². The van der Waals surface area contributed by atoms with Crippen LogP contribution in [0.1, 0.15) is 31.4 Å². The number of anilines is 2. The first-order valence-corrected chi connectivity index (χ1v) is 9.81. The molecular formula is C18H24N4O2S. The maximum Gasteiger partial charge on any atom is 0.134 e. The Bertz CT molecular complexity index is 696. The molecule has 2 saturated heterocycles. The van der Waals surface area contributed by atoms with E-state index in [0.717, 1.165) is 44.1 Å². The molecule has 4 rings (SSSR count). The molecule has 25 heavy (non-hydrogen) atoms. The summed E-state index contributed by atoms with van der Waals surface area (Å²) in [6, 6.07) is 4.36. The van der Waals surface area contributed by atoms with Crippen LogP contribution in [-0.4, -0.2) is 53.5 Å². The molecule has 0 radical (unpaired) electrons. The lowest BCUT2D eigenvalue weighted by molar-refractivity contribution is -0.0174. The number of rotatable bonds is 4. The fraction of sp³-hybridized carbons (Fsp3) is 0.556. The van der Waals surface area contributed by atoms with Gasteiger partial charge < -0.3 is 19.6 Å². The molecule has 0 bridgehead atoms. The second kappa shape index (κ2) is 7.27. The number of hydrogen-bond donors (Lipinski definition) is 1. The molecule has 2 aliphatic rings. The zero-order valence-corrected chi connectivity index (χ0v) is 15.2. The lowest BCUT2D eigenvalue weighted by Gasteiger charge is -2.37. The van der Waals surface area contributed by atoms with E-state index in [1.807, 2.05) is 0 Å². The molecule has 2 aromatic rings. The molecule has 2 aromatic heterocycles. The van der Waals surface area contributed by atoms with Gasteiger partial charge in [0.15, 0.2) is 0 Å². The van der Waals surface area contributed by atoms with Crippen LogP contribution in [0.5, 0.6) is 0 Å². The summed E-state index contributed by atoms with van der Waals surface area (Å²) < 4.78 is 6.13. The van der Waals surface area contributed by atoms with E-state index in [0.29, 0.717) is 0 Å². The molecule has 3 atom stereocenters. The Hall–Kier alpha value is -1.70. The molecule has 134 valence electrons. The van der Waals surface area contributed by atoms with E-state index in [-0.39, 0.29) is 24.9 Å². The summed E-state index contributed by atoms with van der Waals surface area (Å²) in [5.41, 5.74) is 1.23. The van der Waals surface area contributed by atoms with Gasteiger partial charge in [-0.05, 0) is 42.2 Å². The molecule has 0 spiro atoms. The smallest absolute Gasteiger partial charge is 0.134 e. The number of aromatic nitrogens is 2. The van der Waals surface area contributed by atoms with Gasteiger partial charge in [-0.2, -0.15) is 11.3 Å². The lowest BCUT2D eigenvalue weighted by Crippen LogP contribution is -2.43. The summed E-state index contributed by atoms with van der Waals surface area (Å²) in [5, 5.41) is 13.8. The fourth-order valence-electron chi connectivity index (χ4n) is 3.78. The molecule has 3 unspecified atom stereocenters. The summed E-state index contributed by atoms with van der Waals surface area (Å²) in [5.74, 6) is 1.84. The Morgan fingerprint density at radius 2 is 2.20 bits per heavy atom. The number of hydrogen-bond acceptors (Lipinski definition) is 7. The predicted octanol–water partition coefficient (Wildman–Crippen LogP) is 2.47. The second-order valence-corrected chi connectivity index (χ2v) is 7.58. The van der Waals surface area contributed by atoms with Crippen LogP contribution in [0.3, 0.4) is 0 Å². The van der Waals surface area contributed by atoms with E-state index in [2.05, 4.69) is 49.6 Å². The first-order chi connectivity index (χ1) is 12.2. The molecule has 4 heterocycles. The maximum atomic E-state index is 9.58. The minimum Gasteiger partial charge on any atom is -0.394 e. The fourth-order valence-corrected chi connectivity index (χ4v) is 4.48. The van der Waals surface area contributed by atoms with Gasteiger partial charge in [0.1, 0.15) is 24.1 Å². The molecule has 0 amide bonds. The quantitative estimate of drug-likeness (QED) is 0.904. The lowest BCUT2D eigenvalue weighted by atomic mass is 10.1. The van der Waals surface area contributed by atoms with Crippen LogP contribution in [0.2, 0.25) is 0 Å². The minimum absolute atomic E-state index is 0.0744. The van der Waals surface area contributed by atoms with Crippen molar-refractivity contribution in [1.82, 2.24) is 9.97 Å². The summed E-state index contributed by atoms with van der Waals surface area (Å²) in [6.45, 7) is 4.84. The summed E-state index contributed by atoms with van der Waals surface area (Å²) in [6.07, 6.45) is 3.97. The first kappa shape index (κ1) is 16.8. The molecule has 7 heteroatoms. The average molecular weight is 360 g/mol. The Balaban J connectivity index is 1.55. The first-order valence-electron chi connectivity index (χ1n) is 8.86. The van der Waals surface area contributed by atoms with E-state index in [4.69, 9.17) is 4.74 Å². The normalized spacial score (nSPS) is 27.0. The van der Waals surface area contributed by atoms with E-state index in [1.54, 1.807) is 17.7 Å². The van der Waals surface area contributed by atoms with E-state index >= 15 is 0 Å². The van der Waals surface area contributed by atoms with Crippen molar-refractivity contribution in [2.45, 2.75) is 38.0 Å². The molecule has 2 aliphatic heterocycles. The van der Waals surface area contributed by atoms with Gasteiger partial charge in [-0.25, -0.2) is 9.97 Å². The summed E-state index contributed by atoms with van der Waals surface area (Å²) in [7, 11) is 0. The molecule has 2 fully saturated rings. The van der Waals surface area contributed by atoms with Gasteiger partial charge in [0.05, 0.1) is 18.8 Å². The van der Waals surface area contributed by atoms with Crippen molar-refractivity contribution >= 4 is 23.0 Å². The van der Waals surface area contributed by atoms with Crippen molar-refractivity contribution in [3.05, 3.63) is 34.8 Å². The third-order valence-corrected chi connectivity index (χ3v) is 5.72. The average Bonchev–Trinajstić information content (AvgIpc) is 3.33. The number of nitrogens with zero attached hydrogens (tertiary/aromatic N) is 4. The molecule has 1 N–H and O–H groups in total. The summed E-state index contributed by atoms with van der Waals surface area (Å²) in [4.78, 5) is 13.4. The van der Waals surface area contributed by atoms with Crippen LogP contribution in [0.4, 0.5) is 11.6 Å². The highest BCUT2D eigenvalue weighted by Crippen LogP contribution is 2.31. The SMILES string of the molecule is CC1CN(c2cc(N3CCCC3CO)ncn2)CC(c2ccsc2)O1. The molecule has 0 aliphatic carbocycles. The van der Waals surface area contributed by atoms with Gasteiger partial charge >= 0.3 is 0 Å². The minimum atomic E-state index is 0.0744. The van der Waals surface area contributed by atoms with Gasteiger partial charge in [0.25, 0.3) is 0 Å².